The van der Waals surface area contributed by atoms with E-state index < -0.39 is 6.11 Å². The molecule has 0 aromatic carbocycles. The summed E-state index contributed by atoms with van der Waals surface area (Å²) in [5.74, 6) is 0.549. The Bertz CT molecular complexity index is 383. The lowest BCUT2D eigenvalue weighted by atomic mass is 9.99. The van der Waals surface area contributed by atoms with E-state index in [2.05, 4.69) is 9.72 Å². The lowest BCUT2D eigenvalue weighted by Crippen LogP contribution is -2.20. The van der Waals surface area contributed by atoms with E-state index in [1.54, 1.807) is 0 Å². The Balaban J connectivity index is 3.13. The van der Waals surface area contributed by atoms with E-state index in [1.165, 1.54) is 6.20 Å². The maximum atomic E-state index is 12.9. The standard InChI is InChI=1S/C13H19F2NO/c1-8(2)10-6-11(9(3)4)16-7-12(10)17-13(5,14)15/h6-9H,1-5H3. The molecule has 1 aromatic rings. The molecule has 0 saturated carbocycles. The van der Waals surface area contributed by atoms with Gasteiger partial charge in [0.1, 0.15) is 5.75 Å². The lowest BCUT2D eigenvalue weighted by Gasteiger charge is -2.19. The van der Waals surface area contributed by atoms with Gasteiger partial charge in [0.25, 0.3) is 0 Å². The lowest BCUT2D eigenvalue weighted by molar-refractivity contribution is -0.159. The van der Waals surface area contributed by atoms with Gasteiger partial charge in [-0.1, -0.05) is 27.7 Å². The van der Waals surface area contributed by atoms with Gasteiger partial charge in [-0.15, -0.1) is 0 Å². The average Bonchev–Trinajstić information content (AvgIpc) is 2.14. The quantitative estimate of drug-likeness (QED) is 0.785. The molecule has 0 saturated heterocycles. The molecule has 0 N–H and O–H groups in total. The highest BCUT2D eigenvalue weighted by Gasteiger charge is 2.25. The Morgan fingerprint density at radius 3 is 2.18 bits per heavy atom. The number of hydrogen-bond acceptors (Lipinski definition) is 2. The first-order chi connectivity index (χ1) is 7.70. The molecule has 1 heterocycles. The van der Waals surface area contributed by atoms with Gasteiger partial charge >= 0.3 is 6.11 Å². The van der Waals surface area contributed by atoms with Crippen molar-refractivity contribution < 1.29 is 13.5 Å². The van der Waals surface area contributed by atoms with Crippen LogP contribution in [0.15, 0.2) is 12.3 Å². The molecule has 0 radical (unpaired) electrons. The molecule has 0 aliphatic carbocycles. The summed E-state index contributed by atoms with van der Waals surface area (Å²) in [6, 6.07) is 1.84. The zero-order valence-electron chi connectivity index (χ0n) is 10.9. The Morgan fingerprint density at radius 1 is 1.18 bits per heavy atom. The fourth-order valence-corrected chi connectivity index (χ4v) is 1.52. The topological polar surface area (TPSA) is 22.1 Å². The van der Waals surface area contributed by atoms with E-state index in [0.29, 0.717) is 0 Å². The van der Waals surface area contributed by atoms with Gasteiger partial charge in [0.2, 0.25) is 0 Å². The minimum absolute atomic E-state index is 0.118. The van der Waals surface area contributed by atoms with Crippen LogP contribution in [-0.4, -0.2) is 11.1 Å². The van der Waals surface area contributed by atoms with Crippen LogP contribution in [0.2, 0.25) is 0 Å². The molecule has 0 fully saturated rings. The molecular formula is C13H19F2NO. The summed E-state index contributed by atoms with van der Waals surface area (Å²) >= 11 is 0. The van der Waals surface area contributed by atoms with E-state index in [9.17, 15) is 8.78 Å². The summed E-state index contributed by atoms with van der Waals surface area (Å²) in [5, 5.41) is 0. The third-order valence-corrected chi connectivity index (χ3v) is 2.42. The zero-order chi connectivity index (χ0) is 13.2. The number of aromatic nitrogens is 1. The van der Waals surface area contributed by atoms with Crippen molar-refractivity contribution in [3.8, 4) is 5.75 Å². The third kappa shape index (κ3) is 3.95. The minimum atomic E-state index is -3.18. The maximum Gasteiger partial charge on any atom is 0.394 e. The Morgan fingerprint density at radius 2 is 1.76 bits per heavy atom. The molecule has 0 aliphatic heterocycles. The van der Waals surface area contributed by atoms with Gasteiger partial charge in [0.05, 0.1) is 6.20 Å². The second-order valence-corrected chi connectivity index (χ2v) is 4.87. The maximum absolute atomic E-state index is 12.9. The van der Waals surface area contributed by atoms with Crippen LogP contribution in [-0.2, 0) is 0 Å². The van der Waals surface area contributed by atoms with Crippen LogP contribution in [0.4, 0.5) is 8.78 Å². The monoisotopic (exact) mass is 243 g/mol. The number of rotatable bonds is 4. The average molecular weight is 243 g/mol. The van der Waals surface area contributed by atoms with E-state index in [0.717, 1.165) is 18.2 Å². The molecule has 0 amide bonds. The van der Waals surface area contributed by atoms with Crippen molar-refractivity contribution in [2.75, 3.05) is 0 Å². The summed E-state index contributed by atoms with van der Waals surface area (Å²) < 4.78 is 30.4. The molecule has 0 unspecified atom stereocenters. The molecule has 1 aromatic heterocycles. The first-order valence-corrected chi connectivity index (χ1v) is 5.77. The van der Waals surface area contributed by atoms with Crippen LogP contribution in [0.1, 0.15) is 57.7 Å². The summed E-state index contributed by atoms with van der Waals surface area (Å²) in [7, 11) is 0. The summed E-state index contributed by atoms with van der Waals surface area (Å²) in [6.45, 7) is 8.65. The highest BCUT2D eigenvalue weighted by Crippen LogP contribution is 2.31. The summed E-state index contributed by atoms with van der Waals surface area (Å²) in [6.07, 6.45) is -1.78. The highest BCUT2D eigenvalue weighted by atomic mass is 19.3. The molecule has 0 spiro atoms. The van der Waals surface area contributed by atoms with Crippen LogP contribution in [0.25, 0.3) is 0 Å². The fraction of sp³-hybridized carbons (Fsp3) is 0.615. The Kier molecular flexibility index (Phi) is 4.07. The van der Waals surface area contributed by atoms with Crippen molar-refractivity contribution in [2.24, 2.45) is 0 Å². The van der Waals surface area contributed by atoms with Crippen LogP contribution in [0.5, 0.6) is 5.75 Å². The number of ether oxygens (including phenoxy) is 1. The van der Waals surface area contributed by atoms with Gasteiger partial charge in [-0.05, 0) is 17.9 Å². The fourth-order valence-electron chi connectivity index (χ4n) is 1.52. The van der Waals surface area contributed by atoms with Gasteiger partial charge in [0, 0.05) is 18.2 Å². The van der Waals surface area contributed by atoms with Crippen molar-refractivity contribution in [1.29, 1.82) is 0 Å². The number of nitrogens with zero attached hydrogens (tertiary/aromatic N) is 1. The predicted molar refractivity (Wildman–Crippen MR) is 63.7 cm³/mol. The van der Waals surface area contributed by atoms with Gasteiger partial charge < -0.3 is 4.74 Å². The first-order valence-electron chi connectivity index (χ1n) is 5.77. The van der Waals surface area contributed by atoms with Crippen molar-refractivity contribution in [1.82, 2.24) is 4.98 Å². The van der Waals surface area contributed by atoms with Gasteiger partial charge in [0.15, 0.2) is 0 Å². The van der Waals surface area contributed by atoms with Crippen molar-refractivity contribution >= 4 is 0 Å². The summed E-state index contributed by atoms with van der Waals surface area (Å²) in [5.41, 5.74) is 1.66. The molecule has 4 heteroatoms. The molecule has 0 atom stereocenters. The van der Waals surface area contributed by atoms with E-state index in [1.807, 2.05) is 33.8 Å². The van der Waals surface area contributed by atoms with Crippen LogP contribution >= 0.6 is 0 Å². The molecule has 0 bridgehead atoms. The highest BCUT2D eigenvalue weighted by molar-refractivity contribution is 5.36. The largest absolute Gasteiger partial charge is 0.431 e. The molecule has 96 valence electrons. The number of hydrogen-bond donors (Lipinski definition) is 0. The van der Waals surface area contributed by atoms with Gasteiger partial charge in [-0.2, -0.15) is 8.78 Å². The van der Waals surface area contributed by atoms with Crippen molar-refractivity contribution in [3.05, 3.63) is 23.5 Å². The second-order valence-electron chi connectivity index (χ2n) is 4.87. The van der Waals surface area contributed by atoms with Crippen molar-refractivity contribution in [3.63, 3.8) is 0 Å². The minimum Gasteiger partial charge on any atom is -0.431 e. The third-order valence-electron chi connectivity index (χ3n) is 2.42. The smallest absolute Gasteiger partial charge is 0.394 e. The van der Waals surface area contributed by atoms with E-state index in [-0.39, 0.29) is 17.6 Å². The van der Waals surface area contributed by atoms with Crippen LogP contribution in [0, 0.1) is 0 Å². The van der Waals surface area contributed by atoms with Crippen molar-refractivity contribution in [2.45, 2.75) is 52.6 Å². The second kappa shape index (κ2) is 4.98. The number of pyridine rings is 1. The SMILES string of the molecule is CC(C)c1cc(C(C)C)c(OC(C)(F)F)cn1. The molecule has 2 nitrogen and oxygen atoms in total. The van der Waals surface area contributed by atoms with Gasteiger partial charge in [-0.25, -0.2) is 0 Å². The Hall–Kier alpha value is -1.19. The number of halogens is 2. The summed E-state index contributed by atoms with van der Waals surface area (Å²) in [4.78, 5) is 4.15. The first kappa shape index (κ1) is 13.9. The number of alkyl halides is 2. The normalized spacial score (nSPS) is 12.3. The molecule has 17 heavy (non-hydrogen) atoms. The molecular weight excluding hydrogens is 224 g/mol. The van der Waals surface area contributed by atoms with E-state index >= 15 is 0 Å². The van der Waals surface area contributed by atoms with Gasteiger partial charge in [-0.3, -0.25) is 4.98 Å². The Labute approximate surface area is 101 Å². The van der Waals surface area contributed by atoms with Crippen LogP contribution < -0.4 is 4.74 Å². The predicted octanol–water partition coefficient (Wildman–Crippen LogP) is 4.32. The zero-order valence-corrected chi connectivity index (χ0v) is 10.9. The van der Waals surface area contributed by atoms with Crippen LogP contribution in [0.3, 0.4) is 0 Å². The molecule has 1 rings (SSSR count). The van der Waals surface area contributed by atoms with E-state index in [4.69, 9.17) is 0 Å². The molecule has 0 aliphatic rings.